The smallest absolute Gasteiger partial charge is 0.307 e. The molecule has 1 amide bonds. The SMILES string of the molecule is COC(=O)CC(NC(=O)c1cc(S(=O)(=O)NC(C)(C)C)ccc1C)c1cccs1. The number of thiophene rings is 1. The van der Waals surface area contributed by atoms with Crippen molar-refractivity contribution >= 4 is 33.2 Å². The van der Waals surface area contributed by atoms with E-state index in [-0.39, 0.29) is 16.9 Å². The predicted octanol–water partition coefficient (Wildman–Crippen LogP) is 3.17. The van der Waals surface area contributed by atoms with Gasteiger partial charge in [-0.1, -0.05) is 12.1 Å². The summed E-state index contributed by atoms with van der Waals surface area (Å²) in [6.07, 6.45) is -0.0225. The minimum Gasteiger partial charge on any atom is -0.469 e. The van der Waals surface area contributed by atoms with Crippen LogP contribution in [0.3, 0.4) is 0 Å². The lowest BCUT2D eigenvalue weighted by atomic mass is 10.1. The quantitative estimate of drug-likeness (QED) is 0.647. The molecular formula is C20H26N2O5S2. The van der Waals surface area contributed by atoms with Crippen molar-refractivity contribution in [2.45, 2.75) is 50.6 Å². The van der Waals surface area contributed by atoms with E-state index in [1.807, 2.05) is 17.5 Å². The third-order valence-corrected chi connectivity index (χ3v) is 6.74. The summed E-state index contributed by atoms with van der Waals surface area (Å²) in [5.74, 6) is -0.913. The van der Waals surface area contributed by atoms with Crippen molar-refractivity contribution in [2.75, 3.05) is 7.11 Å². The lowest BCUT2D eigenvalue weighted by molar-refractivity contribution is -0.141. The van der Waals surface area contributed by atoms with Gasteiger partial charge in [-0.25, -0.2) is 13.1 Å². The van der Waals surface area contributed by atoms with Crippen molar-refractivity contribution < 1.29 is 22.7 Å². The van der Waals surface area contributed by atoms with Gasteiger partial charge in [-0.3, -0.25) is 9.59 Å². The number of benzene rings is 1. The Kier molecular flexibility index (Phi) is 7.20. The molecule has 2 rings (SSSR count). The van der Waals surface area contributed by atoms with E-state index in [4.69, 9.17) is 4.74 Å². The van der Waals surface area contributed by atoms with E-state index < -0.39 is 33.5 Å². The highest BCUT2D eigenvalue weighted by molar-refractivity contribution is 7.89. The van der Waals surface area contributed by atoms with Crippen LogP contribution < -0.4 is 10.0 Å². The molecule has 1 heterocycles. The summed E-state index contributed by atoms with van der Waals surface area (Å²) in [6.45, 7) is 6.95. The number of carbonyl (C=O) groups excluding carboxylic acids is 2. The average molecular weight is 439 g/mol. The number of sulfonamides is 1. The Bertz CT molecular complexity index is 977. The van der Waals surface area contributed by atoms with Gasteiger partial charge in [0.15, 0.2) is 0 Å². The van der Waals surface area contributed by atoms with Crippen LogP contribution in [0, 0.1) is 6.92 Å². The summed E-state index contributed by atoms with van der Waals surface area (Å²) in [5, 5.41) is 4.67. The largest absolute Gasteiger partial charge is 0.469 e. The average Bonchev–Trinajstić information content (AvgIpc) is 3.13. The molecule has 1 aromatic heterocycles. The van der Waals surface area contributed by atoms with Crippen LogP contribution in [0.5, 0.6) is 0 Å². The Balaban J connectivity index is 2.33. The fraction of sp³-hybridized carbons (Fsp3) is 0.400. The van der Waals surface area contributed by atoms with E-state index in [0.717, 1.165) is 4.88 Å². The molecule has 0 aliphatic heterocycles. The minimum absolute atomic E-state index is 0.00353. The molecule has 29 heavy (non-hydrogen) atoms. The number of hydrogen-bond acceptors (Lipinski definition) is 6. The van der Waals surface area contributed by atoms with Gasteiger partial charge in [0, 0.05) is 16.0 Å². The van der Waals surface area contributed by atoms with E-state index in [9.17, 15) is 18.0 Å². The van der Waals surface area contributed by atoms with Crippen LogP contribution in [-0.2, 0) is 19.6 Å². The van der Waals surface area contributed by atoms with Gasteiger partial charge in [-0.15, -0.1) is 11.3 Å². The fourth-order valence-electron chi connectivity index (χ4n) is 2.67. The zero-order valence-corrected chi connectivity index (χ0v) is 18.7. The van der Waals surface area contributed by atoms with Crippen molar-refractivity contribution in [3.8, 4) is 0 Å². The molecule has 1 aromatic carbocycles. The normalized spacial score (nSPS) is 13.0. The van der Waals surface area contributed by atoms with Gasteiger partial charge in [0.25, 0.3) is 5.91 Å². The lowest BCUT2D eigenvalue weighted by Crippen LogP contribution is -2.40. The summed E-state index contributed by atoms with van der Waals surface area (Å²) in [6, 6.07) is 7.48. The molecule has 0 saturated heterocycles. The number of esters is 1. The Morgan fingerprint density at radius 3 is 2.45 bits per heavy atom. The maximum absolute atomic E-state index is 12.9. The van der Waals surface area contributed by atoms with Crippen LogP contribution in [0.4, 0.5) is 0 Å². The third-order valence-electron chi connectivity index (χ3n) is 3.99. The number of nitrogens with one attached hydrogen (secondary N) is 2. The van der Waals surface area contributed by atoms with E-state index in [2.05, 4.69) is 10.0 Å². The van der Waals surface area contributed by atoms with E-state index in [1.54, 1.807) is 33.8 Å². The highest BCUT2D eigenvalue weighted by Gasteiger charge is 2.25. The summed E-state index contributed by atoms with van der Waals surface area (Å²) < 4.78 is 32.6. The van der Waals surface area contributed by atoms with Gasteiger partial charge in [0.05, 0.1) is 24.5 Å². The first-order valence-electron chi connectivity index (χ1n) is 8.98. The lowest BCUT2D eigenvalue weighted by Gasteiger charge is -2.21. The number of ether oxygens (including phenoxy) is 1. The van der Waals surface area contributed by atoms with E-state index in [0.29, 0.717) is 5.56 Å². The Hall–Kier alpha value is -2.23. The molecule has 0 spiro atoms. The molecule has 0 radical (unpaired) electrons. The summed E-state index contributed by atoms with van der Waals surface area (Å²) in [7, 11) is -2.50. The molecule has 0 aliphatic carbocycles. The monoisotopic (exact) mass is 438 g/mol. The summed E-state index contributed by atoms with van der Waals surface area (Å²) in [4.78, 5) is 25.5. The van der Waals surface area contributed by atoms with Crippen molar-refractivity contribution in [1.29, 1.82) is 0 Å². The molecular weight excluding hydrogens is 412 g/mol. The molecule has 2 aromatic rings. The standard InChI is InChI=1S/C20H26N2O5S2/c1-13-8-9-14(29(25,26)22-20(2,3)4)11-15(13)19(24)21-16(12-18(23)27-5)17-7-6-10-28-17/h6-11,16,22H,12H2,1-5H3,(H,21,24). The van der Waals surface area contributed by atoms with Crippen LogP contribution in [0.2, 0.25) is 0 Å². The van der Waals surface area contributed by atoms with Crippen LogP contribution in [0.25, 0.3) is 0 Å². The summed E-state index contributed by atoms with van der Waals surface area (Å²) >= 11 is 1.41. The molecule has 0 fully saturated rings. The molecule has 1 unspecified atom stereocenters. The molecule has 0 aliphatic rings. The molecule has 2 N–H and O–H groups in total. The Morgan fingerprint density at radius 2 is 1.90 bits per heavy atom. The van der Waals surface area contributed by atoms with Crippen LogP contribution in [0.1, 0.15) is 54.0 Å². The van der Waals surface area contributed by atoms with E-state index >= 15 is 0 Å². The van der Waals surface area contributed by atoms with Crippen LogP contribution >= 0.6 is 11.3 Å². The van der Waals surface area contributed by atoms with Crippen molar-refractivity contribution in [3.05, 3.63) is 51.7 Å². The third kappa shape index (κ3) is 6.38. The summed E-state index contributed by atoms with van der Waals surface area (Å²) in [5.41, 5.74) is 0.199. The van der Waals surface area contributed by atoms with Gasteiger partial charge in [0.2, 0.25) is 10.0 Å². The van der Waals surface area contributed by atoms with Crippen LogP contribution in [0.15, 0.2) is 40.6 Å². The van der Waals surface area contributed by atoms with Crippen molar-refractivity contribution in [2.24, 2.45) is 0 Å². The zero-order valence-electron chi connectivity index (χ0n) is 17.1. The Morgan fingerprint density at radius 1 is 1.21 bits per heavy atom. The van der Waals surface area contributed by atoms with Crippen molar-refractivity contribution in [3.63, 3.8) is 0 Å². The second-order valence-corrected chi connectivity index (χ2v) is 10.3. The molecule has 0 bridgehead atoms. The number of methoxy groups -OCH3 is 1. The first-order chi connectivity index (χ1) is 13.4. The Labute approximate surface area is 175 Å². The van der Waals surface area contributed by atoms with Gasteiger partial charge >= 0.3 is 5.97 Å². The highest BCUT2D eigenvalue weighted by atomic mass is 32.2. The minimum atomic E-state index is -3.79. The predicted molar refractivity (Wildman–Crippen MR) is 112 cm³/mol. The fourth-order valence-corrected chi connectivity index (χ4v) is 4.90. The number of hydrogen-bond donors (Lipinski definition) is 2. The second-order valence-electron chi connectivity index (χ2n) is 7.65. The van der Waals surface area contributed by atoms with Gasteiger partial charge in [0.1, 0.15) is 0 Å². The van der Waals surface area contributed by atoms with Gasteiger partial charge < -0.3 is 10.1 Å². The molecule has 7 nitrogen and oxygen atoms in total. The zero-order chi connectivity index (χ0) is 21.8. The highest BCUT2D eigenvalue weighted by Crippen LogP contribution is 2.24. The maximum Gasteiger partial charge on any atom is 0.307 e. The number of amides is 1. The first kappa shape index (κ1) is 23.1. The number of carbonyl (C=O) groups is 2. The van der Waals surface area contributed by atoms with E-state index in [1.165, 1.54) is 30.6 Å². The van der Waals surface area contributed by atoms with Crippen molar-refractivity contribution in [1.82, 2.24) is 10.0 Å². The van der Waals surface area contributed by atoms with Gasteiger partial charge in [-0.2, -0.15) is 0 Å². The molecule has 158 valence electrons. The first-order valence-corrected chi connectivity index (χ1v) is 11.3. The maximum atomic E-state index is 12.9. The second kappa shape index (κ2) is 9.06. The number of rotatable bonds is 7. The molecule has 9 heteroatoms. The molecule has 0 saturated carbocycles. The van der Waals surface area contributed by atoms with Crippen LogP contribution in [-0.4, -0.2) is 32.9 Å². The molecule has 1 atom stereocenters. The number of aryl methyl sites for hydroxylation is 1. The van der Waals surface area contributed by atoms with Gasteiger partial charge in [-0.05, 0) is 56.8 Å². The topological polar surface area (TPSA) is 102 Å².